The molecule has 20 heavy (non-hydrogen) atoms. The molecule has 0 aliphatic carbocycles. The molecule has 0 atom stereocenters. The maximum atomic E-state index is 10.4. The predicted molar refractivity (Wildman–Crippen MR) is 76.6 cm³/mol. The first-order valence-corrected chi connectivity index (χ1v) is 6.26. The molecule has 0 heterocycles. The number of carboxylic acids is 1. The van der Waals surface area contributed by atoms with Crippen LogP contribution in [0.5, 0.6) is 11.5 Å². The van der Waals surface area contributed by atoms with Gasteiger partial charge in [-0.3, -0.25) is 0 Å². The molecule has 0 aliphatic heterocycles. The number of hydrogen-bond donors (Lipinski definition) is 1. The average molecular weight is 293 g/mol. The lowest BCUT2D eigenvalue weighted by Gasteiger charge is -2.10. The average Bonchev–Trinajstić information content (AvgIpc) is 2.45. The van der Waals surface area contributed by atoms with E-state index in [-0.39, 0.29) is 6.61 Å². The quantitative estimate of drug-likeness (QED) is 0.916. The Kier molecular flexibility index (Phi) is 4.48. The Hall–Kier alpha value is -2.20. The SMILES string of the molecule is COc1ccc(Cl)cc1-c1ccc(OCC(=O)O)cc1. The van der Waals surface area contributed by atoms with Crippen LogP contribution < -0.4 is 9.47 Å². The fourth-order valence-corrected chi connectivity index (χ4v) is 1.95. The van der Waals surface area contributed by atoms with Crippen LogP contribution in [0.25, 0.3) is 11.1 Å². The Morgan fingerprint density at radius 3 is 2.50 bits per heavy atom. The molecule has 0 saturated carbocycles. The van der Waals surface area contributed by atoms with Crippen molar-refractivity contribution in [3.8, 4) is 22.6 Å². The van der Waals surface area contributed by atoms with Gasteiger partial charge in [-0.05, 0) is 35.9 Å². The first kappa shape index (κ1) is 14.2. The van der Waals surface area contributed by atoms with Crippen LogP contribution in [0.4, 0.5) is 0 Å². The number of carboxylic acid groups (broad SMARTS) is 1. The number of ether oxygens (including phenoxy) is 2. The van der Waals surface area contributed by atoms with Crippen LogP contribution >= 0.6 is 11.6 Å². The van der Waals surface area contributed by atoms with Crippen LogP contribution in [0, 0.1) is 0 Å². The summed E-state index contributed by atoms with van der Waals surface area (Å²) in [4.78, 5) is 10.4. The van der Waals surface area contributed by atoms with Gasteiger partial charge in [-0.1, -0.05) is 23.7 Å². The monoisotopic (exact) mass is 292 g/mol. The van der Waals surface area contributed by atoms with Crippen molar-refractivity contribution < 1.29 is 19.4 Å². The van der Waals surface area contributed by atoms with Gasteiger partial charge >= 0.3 is 5.97 Å². The van der Waals surface area contributed by atoms with E-state index in [4.69, 9.17) is 26.2 Å². The molecule has 5 heteroatoms. The third kappa shape index (κ3) is 3.42. The van der Waals surface area contributed by atoms with E-state index >= 15 is 0 Å². The minimum atomic E-state index is -1.01. The first-order valence-electron chi connectivity index (χ1n) is 5.88. The lowest BCUT2D eigenvalue weighted by molar-refractivity contribution is -0.139. The second-order valence-electron chi connectivity index (χ2n) is 4.05. The van der Waals surface area contributed by atoms with Gasteiger partial charge in [-0.25, -0.2) is 4.79 Å². The summed E-state index contributed by atoms with van der Waals surface area (Å²) in [6, 6.07) is 12.4. The van der Waals surface area contributed by atoms with Gasteiger partial charge in [0, 0.05) is 10.6 Å². The summed E-state index contributed by atoms with van der Waals surface area (Å²) in [5.74, 6) is 0.205. The molecule has 0 radical (unpaired) electrons. The van der Waals surface area contributed by atoms with E-state index in [0.29, 0.717) is 16.5 Å². The van der Waals surface area contributed by atoms with Crippen molar-refractivity contribution in [3.63, 3.8) is 0 Å². The van der Waals surface area contributed by atoms with E-state index in [1.807, 2.05) is 18.2 Å². The highest BCUT2D eigenvalue weighted by molar-refractivity contribution is 6.31. The summed E-state index contributed by atoms with van der Waals surface area (Å²) in [7, 11) is 1.59. The number of aliphatic carboxylic acids is 1. The zero-order valence-electron chi connectivity index (χ0n) is 10.8. The van der Waals surface area contributed by atoms with Gasteiger partial charge in [0.2, 0.25) is 0 Å². The summed E-state index contributed by atoms with van der Waals surface area (Å²) >= 11 is 5.99. The third-order valence-corrected chi connectivity index (χ3v) is 2.92. The van der Waals surface area contributed by atoms with Crippen LogP contribution in [-0.4, -0.2) is 24.8 Å². The Morgan fingerprint density at radius 1 is 1.20 bits per heavy atom. The van der Waals surface area contributed by atoms with E-state index in [0.717, 1.165) is 11.1 Å². The van der Waals surface area contributed by atoms with Crippen molar-refractivity contribution in [3.05, 3.63) is 47.5 Å². The maximum Gasteiger partial charge on any atom is 0.341 e. The van der Waals surface area contributed by atoms with Gasteiger partial charge in [0.15, 0.2) is 6.61 Å². The zero-order chi connectivity index (χ0) is 14.5. The molecule has 0 spiro atoms. The Bertz CT molecular complexity index is 608. The molecule has 104 valence electrons. The van der Waals surface area contributed by atoms with Crippen molar-refractivity contribution in [1.29, 1.82) is 0 Å². The highest BCUT2D eigenvalue weighted by Gasteiger charge is 2.07. The normalized spacial score (nSPS) is 10.1. The molecule has 2 aromatic rings. The number of hydrogen-bond acceptors (Lipinski definition) is 3. The van der Waals surface area contributed by atoms with E-state index in [1.54, 1.807) is 31.4 Å². The second kappa shape index (κ2) is 6.30. The second-order valence-corrected chi connectivity index (χ2v) is 4.49. The molecule has 4 nitrogen and oxygen atoms in total. The van der Waals surface area contributed by atoms with E-state index in [9.17, 15) is 4.79 Å². The van der Waals surface area contributed by atoms with E-state index < -0.39 is 5.97 Å². The fraction of sp³-hybridized carbons (Fsp3) is 0.133. The molecule has 0 amide bonds. The zero-order valence-corrected chi connectivity index (χ0v) is 11.6. The smallest absolute Gasteiger partial charge is 0.341 e. The Balaban J connectivity index is 2.25. The van der Waals surface area contributed by atoms with Crippen LogP contribution in [0.1, 0.15) is 0 Å². The Morgan fingerprint density at radius 2 is 1.90 bits per heavy atom. The molecule has 0 fully saturated rings. The predicted octanol–water partition coefficient (Wildman–Crippen LogP) is 3.48. The number of methoxy groups -OCH3 is 1. The van der Waals surface area contributed by atoms with Gasteiger partial charge in [0.05, 0.1) is 7.11 Å². The molecule has 0 bridgehead atoms. The largest absolute Gasteiger partial charge is 0.496 e. The van der Waals surface area contributed by atoms with Crippen molar-refractivity contribution in [1.82, 2.24) is 0 Å². The summed E-state index contributed by atoms with van der Waals surface area (Å²) in [6.45, 7) is -0.361. The summed E-state index contributed by atoms with van der Waals surface area (Å²) in [6.07, 6.45) is 0. The van der Waals surface area contributed by atoms with Crippen LogP contribution in [0.2, 0.25) is 5.02 Å². The number of rotatable bonds is 5. The molecule has 1 N–H and O–H groups in total. The summed E-state index contributed by atoms with van der Waals surface area (Å²) < 4.78 is 10.4. The topological polar surface area (TPSA) is 55.8 Å². The summed E-state index contributed by atoms with van der Waals surface area (Å²) in [5.41, 5.74) is 1.77. The molecule has 0 saturated heterocycles. The van der Waals surface area contributed by atoms with Gasteiger partial charge in [0.25, 0.3) is 0 Å². The van der Waals surface area contributed by atoms with Crippen LogP contribution in [0.15, 0.2) is 42.5 Å². The molecule has 0 aliphatic rings. The molecular formula is C15H13ClO4. The number of benzene rings is 2. The maximum absolute atomic E-state index is 10.4. The van der Waals surface area contributed by atoms with Crippen LogP contribution in [-0.2, 0) is 4.79 Å². The fourth-order valence-electron chi connectivity index (χ4n) is 1.78. The van der Waals surface area contributed by atoms with Gasteiger partial charge in [-0.15, -0.1) is 0 Å². The summed E-state index contributed by atoms with van der Waals surface area (Å²) in [5, 5.41) is 9.17. The highest BCUT2D eigenvalue weighted by atomic mass is 35.5. The van der Waals surface area contributed by atoms with Crippen LogP contribution in [0.3, 0.4) is 0 Å². The van der Waals surface area contributed by atoms with Gasteiger partial charge in [0.1, 0.15) is 11.5 Å². The van der Waals surface area contributed by atoms with Gasteiger partial charge < -0.3 is 14.6 Å². The Labute approximate surface area is 121 Å². The first-order chi connectivity index (χ1) is 9.60. The van der Waals surface area contributed by atoms with Crippen molar-refractivity contribution in [2.45, 2.75) is 0 Å². The minimum Gasteiger partial charge on any atom is -0.496 e. The lowest BCUT2D eigenvalue weighted by Crippen LogP contribution is -2.09. The molecule has 0 aromatic heterocycles. The van der Waals surface area contributed by atoms with Crippen molar-refractivity contribution >= 4 is 17.6 Å². The van der Waals surface area contributed by atoms with Gasteiger partial charge in [-0.2, -0.15) is 0 Å². The van der Waals surface area contributed by atoms with E-state index in [1.165, 1.54) is 0 Å². The third-order valence-electron chi connectivity index (χ3n) is 2.69. The highest BCUT2D eigenvalue weighted by Crippen LogP contribution is 2.33. The minimum absolute atomic E-state index is 0.361. The van der Waals surface area contributed by atoms with E-state index in [2.05, 4.69) is 0 Å². The molecule has 2 rings (SSSR count). The lowest BCUT2D eigenvalue weighted by atomic mass is 10.0. The standard InChI is InChI=1S/C15H13ClO4/c1-19-14-7-4-11(16)8-13(14)10-2-5-12(6-3-10)20-9-15(17)18/h2-8H,9H2,1H3,(H,17,18). The number of carbonyl (C=O) groups is 1. The number of halogens is 1. The molecule has 2 aromatic carbocycles. The molecular weight excluding hydrogens is 280 g/mol. The molecule has 0 unspecified atom stereocenters. The van der Waals surface area contributed by atoms with Crippen molar-refractivity contribution in [2.75, 3.05) is 13.7 Å². The van der Waals surface area contributed by atoms with Crippen molar-refractivity contribution in [2.24, 2.45) is 0 Å².